The molecule has 0 bridgehead atoms. The maximum Gasteiger partial charge on any atom is 0.156 e. The van der Waals surface area contributed by atoms with Gasteiger partial charge in [0.05, 0.1) is 18.0 Å². The molecule has 0 saturated carbocycles. The van der Waals surface area contributed by atoms with Crippen molar-refractivity contribution in [3.8, 4) is 6.07 Å². The first-order chi connectivity index (χ1) is 6.46. The van der Waals surface area contributed by atoms with Gasteiger partial charge in [-0.25, -0.2) is 0 Å². The second-order valence-electron chi connectivity index (χ2n) is 4.92. The molecule has 14 heavy (non-hydrogen) atoms. The maximum absolute atomic E-state index is 12.0. The van der Waals surface area contributed by atoms with Crippen LogP contribution in [0.1, 0.15) is 33.6 Å². The number of hydrogen-bond donors (Lipinski definition) is 1. The Morgan fingerprint density at radius 1 is 1.50 bits per heavy atom. The SMILES string of the molecule is CC(C)(C)C(=O)C1NCCCC1C#N. The lowest BCUT2D eigenvalue weighted by molar-refractivity contribution is -0.129. The summed E-state index contributed by atoms with van der Waals surface area (Å²) in [4.78, 5) is 12.0. The first kappa shape index (κ1) is 11.2. The van der Waals surface area contributed by atoms with E-state index in [2.05, 4.69) is 11.4 Å². The Labute approximate surface area is 85.5 Å². The summed E-state index contributed by atoms with van der Waals surface area (Å²) < 4.78 is 0. The number of ketones is 1. The quantitative estimate of drug-likeness (QED) is 0.688. The maximum atomic E-state index is 12.0. The summed E-state index contributed by atoms with van der Waals surface area (Å²) in [6, 6.07) is 1.97. The molecule has 1 fully saturated rings. The molecule has 1 aliphatic rings. The second kappa shape index (κ2) is 4.10. The monoisotopic (exact) mass is 194 g/mol. The van der Waals surface area contributed by atoms with Gasteiger partial charge in [-0.15, -0.1) is 0 Å². The van der Waals surface area contributed by atoms with Gasteiger partial charge in [-0.05, 0) is 19.4 Å². The van der Waals surface area contributed by atoms with Gasteiger partial charge in [-0.3, -0.25) is 4.79 Å². The Bertz CT molecular complexity index is 259. The fourth-order valence-corrected chi connectivity index (χ4v) is 1.77. The number of Topliss-reactive ketones (excluding diaryl/α,β-unsaturated/α-hetero) is 1. The Morgan fingerprint density at radius 2 is 2.14 bits per heavy atom. The Morgan fingerprint density at radius 3 is 2.64 bits per heavy atom. The number of nitrogens with one attached hydrogen (secondary N) is 1. The first-order valence-electron chi connectivity index (χ1n) is 5.14. The van der Waals surface area contributed by atoms with Crippen LogP contribution in [0.5, 0.6) is 0 Å². The van der Waals surface area contributed by atoms with Gasteiger partial charge in [-0.1, -0.05) is 20.8 Å². The van der Waals surface area contributed by atoms with Crippen molar-refractivity contribution >= 4 is 5.78 Å². The summed E-state index contributed by atoms with van der Waals surface area (Å²) in [6.07, 6.45) is 1.84. The van der Waals surface area contributed by atoms with Crippen LogP contribution in [0.15, 0.2) is 0 Å². The predicted octanol–water partition coefficient (Wildman–Crippen LogP) is 1.49. The number of hydrogen-bond acceptors (Lipinski definition) is 3. The average molecular weight is 194 g/mol. The Kier molecular flexibility index (Phi) is 3.28. The number of rotatable bonds is 1. The van der Waals surface area contributed by atoms with Gasteiger partial charge in [0.15, 0.2) is 5.78 Å². The minimum atomic E-state index is -0.357. The molecule has 1 N–H and O–H groups in total. The van der Waals surface area contributed by atoms with Gasteiger partial charge >= 0.3 is 0 Å². The largest absolute Gasteiger partial charge is 0.306 e. The third-order valence-electron chi connectivity index (χ3n) is 2.65. The van der Waals surface area contributed by atoms with Crippen molar-refractivity contribution in [3.63, 3.8) is 0 Å². The molecule has 1 rings (SSSR count). The molecule has 3 nitrogen and oxygen atoms in total. The van der Waals surface area contributed by atoms with Crippen molar-refractivity contribution in [2.45, 2.75) is 39.7 Å². The minimum absolute atomic E-state index is 0.143. The smallest absolute Gasteiger partial charge is 0.156 e. The van der Waals surface area contributed by atoms with Crippen LogP contribution in [-0.4, -0.2) is 18.4 Å². The average Bonchev–Trinajstić information content (AvgIpc) is 2.15. The van der Waals surface area contributed by atoms with Gasteiger partial charge in [0.2, 0.25) is 0 Å². The Balaban J connectivity index is 2.75. The first-order valence-corrected chi connectivity index (χ1v) is 5.14. The highest BCUT2D eigenvalue weighted by Gasteiger charge is 2.36. The van der Waals surface area contributed by atoms with Crippen molar-refractivity contribution in [2.75, 3.05) is 6.54 Å². The molecule has 0 aromatic rings. The van der Waals surface area contributed by atoms with E-state index in [4.69, 9.17) is 5.26 Å². The number of nitriles is 1. The van der Waals surface area contributed by atoms with Crippen LogP contribution in [0, 0.1) is 22.7 Å². The highest BCUT2D eigenvalue weighted by Crippen LogP contribution is 2.24. The van der Waals surface area contributed by atoms with E-state index in [1.165, 1.54) is 0 Å². The molecular weight excluding hydrogens is 176 g/mol. The molecule has 0 aromatic heterocycles. The molecule has 0 spiro atoms. The zero-order chi connectivity index (χ0) is 10.8. The summed E-state index contributed by atoms with van der Waals surface area (Å²) >= 11 is 0. The molecule has 0 amide bonds. The van der Waals surface area contributed by atoms with Crippen molar-refractivity contribution in [2.24, 2.45) is 11.3 Å². The molecule has 78 valence electrons. The zero-order valence-electron chi connectivity index (χ0n) is 9.13. The minimum Gasteiger partial charge on any atom is -0.306 e. The number of nitrogens with zero attached hydrogens (tertiary/aromatic N) is 1. The van der Waals surface area contributed by atoms with E-state index in [1.807, 2.05) is 20.8 Å². The lowest BCUT2D eigenvalue weighted by atomic mass is 9.79. The highest BCUT2D eigenvalue weighted by molar-refractivity contribution is 5.89. The van der Waals surface area contributed by atoms with Gasteiger partial charge in [-0.2, -0.15) is 5.26 Å². The summed E-state index contributed by atoms with van der Waals surface area (Å²) in [6.45, 7) is 6.56. The van der Waals surface area contributed by atoms with E-state index < -0.39 is 0 Å². The molecule has 1 saturated heterocycles. The number of piperidine rings is 1. The molecule has 2 atom stereocenters. The standard InChI is InChI=1S/C11H18N2O/c1-11(2,3)10(14)9-8(7-12)5-4-6-13-9/h8-9,13H,4-6H2,1-3H3. The normalized spacial score (nSPS) is 28.1. The fraction of sp³-hybridized carbons (Fsp3) is 0.818. The summed E-state index contributed by atoms with van der Waals surface area (Å²) in [7, 11) is 0. The fourth-order valence-electron chi connectivity index (χ4n) is 1.77. The highest BCUT2D eigenvalue weighted by atomic mass is 16.1. The van der Waals surface area contributed by atoms with Crippen LogP contribution in [0.3, 0.4) is 0 Å². The molecule has 0 aliphatic carbocycles. The van der Waals surface area contributed by atoms with Crippen LogP contribution in [-0.2, 0) is 4.79 Å². The van der Waals surface area contributed by atoms with E-state index in [9.17, 15) is 4.79 Å². The van der Waals surface area contributed by atoms with Gasteiger partial charge in [0.1, 0.15) is 0 Å². The predicted molar refractivity (Wildman–Crippen MR) is 54.6 cm³/mol. The third-order valence-corrected chi connectivity index (χ3v) is 2.65. The van der Waals surface area contributed by atoms with Crippen molar-refractivity contribution in [3.05, 3.63) is 0 Å². The van der Waals surface area contributed by atoms with Crippen LogP contribution >= 0.6 is 0 Å². The van der Waals surface area contributed by atoms with Crippen LogP contribution in [0.25, 0.3) is 0 Å². The van der Waals surface area contributed by atoms with Crippen molar-refractivity contribution in [1.82, 2.24) is 5.32 Å². The lowest BCUT2D eigenvalue weighted by Gasteiger charge is -2.31. The zero-order valence-corrected chi connectivity index (χ0v) is 9.13. The van der Waals surface area contributed by atoms with Crippen LogP contribution < -0.4 is 5.32 Å². The van der Waals surface area contributed by atoms with Gasteiger partial charge in [0, 0.05) is 5.41 Å². The topological polar surface area (TPSA) is 52.9 Å². The van der Waals surface area contributed by atoms with E-state index in [0.29, 0.717) is 0 Å². The van der Waals surface area contributed by atoms with E-state index in [-0.39, 0.29) is 23.2 Å². The molecule has 1 aliphatic heterocycles. The lowest BCUT2D eigenvalue weighted by Crippen LogP contribution is -2.50. The van der Waals surface area contributed by atoms with Gasteiger partial charge in [0.25, 0.3) is 0 Å². The van der Waals surface area contributed by atoms with Crippen molar-refractivity contribution in [1.29, 1.82) is 5.26 Å². The Hall–Kier alpha value is -0.880. The van der Waals surface area contributed by atoms with Crippen molar-refractivity contribution < 1.29 is 4.79 Å². The number of carbonyl (C=O) groups excluding carboxylic acids is 1. The second-order valence-corrected chi connectivity index (χ2v) is 4.92. The van der Waals surface area contributed by atoms with E-state index >= 15 is 0 Å². The molecule has 2 unspecified atom stereocenters. The van der Waals surface area contributed by atoms with Gasteiger partial charge < -0.3 is 5.32 Å². The molecule has 0 radical (unpaired) electrons. The van der Waals surface area contributed by atoms with Crippen LogP contribution in [0.4, 0.5) is 0 Å². The molecule has 3 heteroatoms. The van der Waals surface area contributed by atoms with E-state index in [1.54, 1.807) is 0 Å². The summed E-state index contributed by atoms with van der Waals surface area (Å²) in [5.41, 5.74) is -0.357. The number of carbonyl (C=O) groups is 1. The summed E-state index contributed by atoms with van der Waals surface area (Å²) in [5.74, 6) is 0.0132. The summed E-state index contributed by atoms with van der Waals surface area (Å²) in [5, 5.41) is 12.1. The van der Waals surface area contributed by atoms with Crippen LogP contribution in [0.2, 0.25) is 0 Å². The molecular formula is C11H18N2O. The van der Waals surface area contributed by atoms with E-state index in [0.717, 1.165) is 19.4 Å². The molecule has 1 heterocycles. The third kappa shape index (κ3) is 2.33. The molecule has 0 aromatic carbocycles.